The average molecular weight is 483 g/mol. The van der Waals surface area contributed by atoms with Crippen molar-refractivity contribution < 1.29 is 4.74 Å². The van der Waals surface area contributed by atoms with Crippen molar-refractivity contribution in [2.24, 2.45) is 0 Å². The second kappa shape index (κ2) is 8.49. The quantitative estimate of drug-likeness (QED) is 0.518. The van der Waals surface area contributed by atoms with Gasteiger partial charge in [0, 0.05) is 41.4 Å². The fourth-order valence-corrected chi connectivity index (χ4v) is 5.02. The van der Waals surface area contributed by atoms with Crippen molar-refractivity contribution >= 4 is 38.9 Å². The van der Waals surface area contributed by atoms with Gasteiger partial charge in [-0.05, 0) is 73.6 Å². The Hall–Kier alpha value is -2.22. The van der Waals surface area contributed by atoms with Crippen LogP contribution in [0.2, 0.25) is 0 Å². The summed E-state index contributed by atoms with van der Waals surface area (Å²) >= 11 is 9.35. The van der Waals surface area contributed by atoms with Gasteiger partial charge in [-0.15, -0.1) is 0 Å². The highest BCUT2D eigenvalue weighted by Crippen LogP contribution is 2.42. The zero-order chi connectivity index (χ0) is 20.5. The third kappa shape index (κ3) is 3.77. The number of pyridine rings is 1. The molecule has 5 rings (SSSR count). The third-order valence-corrected chi connectivity index (χ3v) is 6.64. The van der Waals surface area contributed by atoms with E-state index in [1.54, 1.807) is 0 Å². The molecule has 0 radical (unpaired) electrons. The van der Waals surface area contributed by atoms with E-state index in [0.717, 1.165) is 41.8 Å². The first-order valence-electron chi connectivity index (χ1n) is 10.2. The maximum Gasteiger partial charge on any atom is 0.174 e. The Bertz CT molecular complexity index is 1020. The molecule has 7 heteroatoms. The second-order valence-corrected chi connectivity index (χ2v) is 9.00. The van der Waals surface area contributed by atoms with Gasteiger partial charge in [0.2, 0.25) is 0 Å². The van der Waals surface area contributed by atoms with E-state index in [-0.39, 0.29) is 18.2 Å². The summed E-state index contributed by atoms with van der Waals surface area (Å²) in [7, 11) is 0. The third-order valence-electron chi connectivity index (χ3n) is 5.79. The summed E-state index contributed by atoms with van der Waals surface area (Å²) in [6.45, 7) is 1.71. The Kier molecular flexibility index (Phi) is 5.58. The molecule has 0 spiro atoms. The molecule has 5 nitrogen and oxygen atoms in total. The molecule has 0 saturated carbocycles. The van der Waals surface area contributed by atoms with Gasteiger partial charge in [-0.25, -0.2) is 0 Å². The Morgan fingerprint density at radius 2 is 2.00 bits per heavy atom. The van der Waals surface area contributed by atoms with Crippen LogP contribution in [0.25, 0.3) is 0 Å². The molecule has 4 heterocycles. The number of rotatable bonds is 5. The maximum absolute atomic E-state index is 5.91. The van der Waals surface area contributed by atoms with Crippen molar-refractivity contribution in [3.8, 4) is 0 Å². The number of anilines is 1. The normalized spacial score (nSPS) is 23.7. The molecule has 1 aromatic carbocycles. The van der Waals surface area contributed by atoms with Crippen LogP contribution in [-0.4, -0.2) is 27.4 Å². The van der Waals surface area contributed by atoms with Crippen molar-refractivity contribution in [2.75, 3.05) is 11.5 Å². The number of thiocarbonyl (C=S) groups is 1. The lowest BCUT2D eigenvalue weighted by Gasteiger charge is -2.29. The molecule has 1 N–H and O–H groups in total. The molecule has 3 aromatic rings. The van der Waals surface area contributed by atoms with Crippen molar-refractivity contribution in [3.05, 3.63) is 82.9 Å². The highest BCUT2D eigenvalue weighted by Gasteiger charge is 2.42. The van der Waals surface area contributed by atoms with Crippen molar-refractivity contribution in [1.29, 1.82) is 0 Å². The number of benzene rings is 1. The minimum atomic E-state index is -0.0412. The molecular formula is C23H23BrN4OS. The van der Waals surface area contributed by atoms with Gasteiger partial charge in [-0.1, -0.05) is 22.0 Å². The molecule has 3 atom stereocenters. The van der Waals surface area contributed by atoms with E-state index < -0.39 is 0 Å². The lowest BCUT2D eigenvalue weighted by Crippen LogP contribution is -2.31. The molecule has 2 aliphatic heterocycles. The first-order chi connectivity index (χ1) is 14.7. The number of nitrogens with one attached hydrogen (secondary N) is 1. The standard InChI is InChI=1S/C23H23BrN4OS/c24-16-8-10-17(11-9-16)28-22(21(26-23(28)30)19-6-1-2-12-25-19)20-7-3-13-27(20)15-18-5-4-14-29-18/h1-3,6-13,18,21-22H,4-5,14-15H2,(H,26,30)/t18-,21+,22-/m0/s1. The summed E-state index contributed by atoms with van der Waals surface area (Å²) < 4.78 is 9.27. The number of hydrogen-bond acceptors (Lipinski definition) is 3. The van der Waals surface area contributed by atoms with Crippen LogP contribution in [0.15, 0.2) is 71.5 Å². The average Bonchev–Trinajstić information content (AvgIpc) is 3.50. The van der Waals surface area contributed by atoms with E-state index in [2.05, 4.69) is 84.4 Å². The Balaban J connectivity index is 1.57. The van der Waals surface area contributed by atoms with Crippen LogP contribution in [0.1, 0.15) is 36.3 Å². The monoisotopic (exact) mass is 482 g/mol. The first kappa shape index (κ1) is 19.7. The van der Waals surface area contributed by atoms with Crippen LogP contribution in [0.3, 0.4) is 0 Å². The van der Waals surface area contributed by atoms with E-state index >= 15 is 0 Å². The molecule has 2 fully saturated rings. The summed E-state index contributed by atoms with van der Waals surface area (Å²) in [5.74, 6) is 0. The lowest BCUT2D eigenvalue weighted by atomic mass is 10.0. The van der Waals surface area contributed by atoms with E-state index in [1.165, 1.54) is 5.69 Å². The van der Waals surface area contributed by atoms with Crippen molar-refractivity contribution in [1.82, 2.24) is 14.9 Å². The summed E-state index contributed by atoms with van der Waals surface area (Å²) in [5.41, 5.74) is 3.25. The van der Waals surface area contributed by atoms with Gasteiger partial charge >= 0.3 is 0 Å². The first-order valence-corrected chi connectivity index (χ1v) is 11.4. The molecule has 0 amide bonds. The Morgan fingerprint density at radius 1 is 1.13 bits per heavy atom. The van der Waals surface area contributed by atoms with Gasteiger partial charge in [0.25, 0.3) is 0 Å². The Labute approximate surface area is 190 Å². The molecule has 0 bridgehead atoms. The van der Waals surface area contributed by atoms with Gasteiger partial charge < -0.3 is 19.5 Å². The van der Waals surface area contributed by atoms with E-state index in [4.69, 9.17) is 17.0 Å². The SMILES string of the molecule is S=C1N[C@H](c2ccccn2)[C@H](c2cccn2C[C@@H]2CCCO2)N1c1ccc(Br)cc1. The van der Waals surface area contributed by atoms with Gasteiger partial charge in [-0.2, -0.15) is 0 Å². The van der Waals surface area contributed by atoms with Gasteiger partial charge in [0.05, 0.1) is 17.8 Å². The van der Waals surface area contributed by atoms with Crippen LogP contribution in [0.5, 0.6) is 0 Å². The van der Waals surface area contributed by atoms with Crippen LogP contribution in [-0.2, 0) is 11.3 Å². The largest absolute Gasteiger partial charge is 0.376 e. The van der Waals surface area contributed by atoms with Crippen molar-refractivity contribution in [2.45, 2.75) is 37.6 Å². The smallest absolute Gasteiger partial charge is 0.174 e. The van der Waals surface area contributed by atoms with Crippen LogP contribution < -0.4 is 10.2 Å². The van der Waals surface area contributed by atoms with Crippen LogP contribution >= 0.6 is 28.1 Å². The predicted molar refractivity (Wildman–Crippen MR) is 125 cm³/mol. The summed E-state index contributed by atoms with van der Waals surface area (Å²) in [4.78, 5) is 6.85. The molecule has 2 aromatic heterocycles. The van der Waals surface area contributed by atoms with Gasteiger partial charge in [0.15, 0.2) is 5.11 Å². The van der Waals surface area contributed by atoms with Crippen LogP contribution in [0, 0.1) is 0 Å². The topological polar surface area (TPSA) is 42.3 Å². The van der Waals surface area contributed by atoms with Crippen LogP contribution in [0.4, 0.5) is 5.69 Å². The number of aromatic nitrogens is 2. The zero-order valence-electron chi connectivity index (χ0n) is 16.4. The molecule has 154 valence electrons. The van der Waals surface area contributed by atoms with Gasteiger partial charge in [-0.3, -0.25) is 4.98 Å². The fourth-order valence-electron chi connectivity index (χ4n) is 4.40. The molecule has 30 heavy (non-hydrogen) atoms. The minimum absolute atomic E-state index is 0.00928. The maximum atomic E-state index is 5.91. The predicted octanol–water partition coefficient (Wildman–Crippen LogP) is 5.00. The van der Waals surface area contributed by atoms with E-state index in [1.807, 2.05) is 18.3 Å². The zero-order valence-corrected chi connectivity index (χ0v) is 18.8. The molecule has 0 unspecified atom stereocenters. The second-order valence-electron chi connectivity index (χ2n) is 7.69. The summed E-state index contributed by atoms with van der Waals surface area (Å²) in [6, 6.07) is 18.6. The number of ether oxygens (including phenoxy) is 1. The summed E-state index contributed by atoms with van der Waals surface area (Å²) in [5, 5.41) is 4.24. The van der Waals surface area contributed by atoms with Crippen molar-refractivity contribution in [3.63, 3.8) is 0 Å². The fraction of sp³-hybridized carbons (Fsp3) is 0.304. The number of hydrogen-bond donors (Lipinski definition) is 1. The van der Waals surface area contributed by atoms with E-state index in [9.17, 15) is 0 Å². The minimum Gasteiger partial charge on any atom is -0.376 e. The van der Waals surface area contributed by atoms with E-state index in [0.29, 0.717) is 5.11 Å². The lowest BCUT2D eigenvalue weighted by molar-refractivity contribution is 0.0961. The number of halogens is 1. The molecule has 0 aliphatic carbocycles. The Morgan fingerprint density at radius 3 is 2.73 bits per heavy atom. The van der Waals surface area contributed by atoms with Gasteiger partial charge in [0.1, 0.15) is 6.04 Å². The number of nitrogens with zero attached hydrogens (tertiary/aromatic N) is 3. The molecular weight excluding hydrogens is 460 g/mol. The highest BCUT2D eigenvalue weighted by molar-refractivity contribution is 9.10. The molecule has 2 aliphatic rings. The highest BCUT2D eigenvalue weighted by atomic mass is 79.9. The molecule has 2 saturated heterocycles. The summed E-state index contributed by atoms with van der Waals surface area (Å²) in [6.07, 6.45) is 6.50.